The molecule has 2 aliphatic heterocycles. The van der Waals surface area contributed by atoms with Gasteiger partial charge < -0.3 is 55.3 Å². The molecule has 0 saturated carbocycles. The summed E-state index contributed by atoms with van der Waals surface area (Å²) in [6.45, 7) is 1.16. The molecule has 0 spiro atoms. The highest BCUT2D eigenvalue weighted by molar-refractivity contribution is 7.61. The molecule has 1 aromatic heterocycles. The molecule has 0 aromatic carbocycles. The number of carbonyl (C=O) groups excluding carboxylic acids is 3. The highest BCUT2D eigenvalue weighted by atomic mass is 31.3. The maximum Gasteiger partial charge on any atom is 0.481 e. The van der Waals surface area contributed by atoms with Crippen LogP contribution in [-0.2, 0) is 51.1 Å². The third-order valence-corrected chi connectivity index (χ3v) is 15.1. The number of nitrogens with two attached hydrogens (primary N) is 1. The second-order valence-electron chi connectivity index (χ2n) is 19.0. The van der Waals surface area contributed by atoms with Crippen molar-refractivity contribution in [2.24, 2.45) is 11.8 Å². The Labute approximate surface area is 445 Å². The number of phosphoric acid groups is 2. The Morgan fingerprint density at radius 2 is 1.47 bits per heavy atom. The zero-order valence-corrected chi connectivity index (χ0v) is 45.6. The summed E-state index contributed by atoms with van der Waals surface area (Å²) >= 11 is 0. The van der Waals surface area contributed by atoms with Gasteiger partial charge in [0.25, 0.3) is 0 Å². The number of unbranched alkanes of at least 4 members (excludes halogenated alkanes) is 6. The van der Waals surface area contributed by atoms with Crippen LogP contribution in [0.5, 0.6) is 0 Å². The molecule has 24 heteroatoms. The Kier molecular flexibility index (Phi) is 31.6. The van der Waals surface area contributed by atoms with Crippen LogP contribution in [-0.4, -0.2) is 125 Å². The SMILES string of the molecule is CC/C=C\C/C=C\C/C=C\C/C=C\CCCCCCC(=O)O[C@@H]1COC(=O)CCCCC(=O)C[C@@H]2[C@H](n3ccc(N)nc3=O)O[C@H](COP(=O)(O)OP(=O)(O)OC1)[C@@H](O)[C@@H](O)[C@@H](/C=C/[C@@H](O)CCCCC)[C@H](O)C[C@@H]2O. The first-order valence-corrected chi connectivity index (χ1v) is 29.5. The van der Waals surface area contributed by atoms with Gasteiger partial charge in [0.2, 0.25) is 0 Å². The first kappa shape index (κ1) is 66.3. The molecule has 2 bridgehead atoms. The Morgan fingerprint density at radius 1 is 0.829 bits per heavy atom. The van der Waals surface area contributed by atoms with Gasteiger partial charge in [-0.05, 0) is 70.3 Å². The summed E-state index contributed by atoms with van der Waals surface area (Å²) in [5.41, 5.74) is 4.67. The number of hydrogen-bond donors (Lipinski definition) is 8. The summed E-state index contributed by atoms with van der Waals surface area (Å²) in [7, 11) is -11.4. The molecule has 2 unspecified atom stereocenters. The number of aromatic nitrogens is 2. The molecule has 76 heavy (non-hydrogen) atoms. The third-order valence-electron chi connectivity index (χ3n) is 12.5. The van der Waals surface area contributed by atoms with Crippen molar-refractivity contribution in [1.82, 2.24) is 9.55 Å². The van der Waals surface area contributed by atoms with E-state index in [1.54, 1.807) is 0 Å². The first-order chi connectivity index (χ1) is 36.3. The molecule has 3 heterocycles. The van der Waals surface area contributed by atoms with Gasteiger partial charge in [0, 0.05) is 50.1 Å². The van der Waals surface area contributed by atoms with E-state index in [0.717, 1.165) is 68.6 Å². The molecule has 22 nitrogen and oxygen atoms in total. The fourth-order valence-electron chi connectivity index (χ4n) is 8.35. The number of nitrogen functional groups attached to an aromatic ring is 1. The molecular formula is C52H83N3O19P2. The minimum absolute atomic E-state index is 0.0571. The van der Waals surface area contributed by atoms with Gasteiger partial charge in [0.05, 0.1) is 37.6 Å². The molecule has 9 N–H and O–H groups in total. The van der Waals surface area contributed by atoms with Crippen molar-refractivity contribution < 1.29 is 86.4 Å². The van der Waals surface area contributed by atoms with Crippen molar-refractivity contribution in [3.63, 3.8) is 0 Å². The molecule has 0 radical (unpaired) electrons. The van der Waals surface area contributed by atoms with Crippen LogP contribution in [0.4, 0.5) is 5.82 Å². The molecule has 2 saturated heterocycles. The van der Waals surface area contributed by atoms with E-state index in [-0.39, 0.29) is 37.9 Å². The Bertz CT molecular complexity index is 2200. The molecule has 430 valence electrons. The average molecular weight is 1120 g/mol. The zero-order chi connectivity index (χ0) is 55.9. The smallest absolute Gasteiger partial charge is 0.462 e. The zero-order valence-electron chi connectivity index (χ0n) is 43.9. The lowest BCUT2D eigenvalue weighted by atomic mass is 9.82. The van der Waals surface area contributed by atoms with Crippen molar-refractivity contribution >= 4 is 39.2 Å². The molecule has 2 fully saturated rings. The number of esters is 2. The van der Waals surface area contributed by atoms with Crippen LogP contribution < -0.4 is 11.4 Å². The van der Waals surface area contributed by atoms with Crippen molar-refractivity contribution in [1.29, 1.82) is 0 Å². The predicted octanol–water partition coefficient (Wildman–Crippen LogP) is 6.67. The lowest BCUT2D eigenvalue weighted by Crippen LogP contribution is -2.52. The number of aliphatic hydroxyl groups is 5. The quantitative estimate of drug-likeness (QED) is 0.0260. The molecule has 2 aliphatic rings. The van der Waals surface area contributed by atoms with Gasteiger partial charge in [-0.15, -0.1) is 0 Å². The maximum atomic E-state index is 13.7. The van der Waals surface area contributed by atoms with Gasteiger partial charge in [0.15, 0.2) is 6.10 Å². The van der Waals surface area contributed by atoms with Crippen LogP contribution in [0.25, 0.3) is 0 Å². The van der Waals surface area contributed by atoms with Gasteiger partial charge in [-0.2, -0.15) is 9.29 Å². The van der Waals surface area contributed by atoms with Crippen LogP contribution in [0.15, 0.2) is 77.8 Å². The monoisotopic (exact) mass is 1120 g/mol. The maximum absolute atomic E-state index is 13.7. The van der Waals surface area contributed by atoms with Gasteiger partial charge >= 0.3 is 33.3 Å². The largest absolute Gasteiger partial charge is 0.481 e. The topological polar surface area (TPSA) is 343 Å². The number of aliphatic hydroxyl groups excluding tert-OH is 5. The summed E-state index contributed by atoms with van der Waals surface area (Å²) in [6.07, 6.45) is 15.1. The van der Waals surface area contributed by atoms with Crippen LogP contribution >= 0.6 is 15.6 Å². The van der Waals surface area contributed by atoms with Crippen molar-refractivity contribution in [2.45, 2.75) is 191 Å². The second-order valence-corrected chi connectivity index (χ2v) is 22.0. The first-order valence-electron chi connectivity index (χ1n) is 26.5. The summed E-state index contributed by atoms with van der Waals surface area (Å²) in [5, 5.41) is 57.5. The van der Waals surface area contributed by atoms with Gasteiger partial charge in [0.1, 0.15) is 36.6 Å². The summed E-state index contributed by atoms with van der Waals surface area (Å²) in [4.78, 5) is 78.0. The number of ether oxygens (including phenoxy) is 3. The fourth-order valence-corrected chi connectivity index (χ4v) is 10.5. The van der Waals surface area contributed by atoms with E-state index in [1.807, 2.05) is 6.92 Å². The molecule has 1 aromatic rings. The highest BCUT2D eigenvalue weighted by Crippen LogP contribution is 2.60. The Balaban J connectivity index is 1.80. The molecule has 0 aliphatic carbocycles. The van der Waals surface area contributed by atoms with E-state index >= 15 is 0 Å². The van der Waals surface area contributed by atoms with E-state index in [2.05, 4.69) is 64.8 Å². The molecule has 0 amide bonds. The van der Waals surface area contributed by atoms with Crippen LogP contribution in [0, 0.1) is 11.8 Å². The molecular weight excluding hydrogens is 1030 g/mol. The number of carbonyl (C=O) groups is 3. The third kappa shape index (κ3) is 26.6. The molecule has 3 rings (SSSR count). The fraction of sp³-hybridized carbons (Fsp3) is 0.673. The number of allylic oxidation sites excluding steroid dienone is 8. The van der Waals surface area contributed by atoms with Gasteiger partial charge in [-0.1, -0.05) is 107 Å². The summed E-state index contributed by atoms with van der Waals surface area (Å²) in [6, 6.07) is 1.18. The Hall–Kier alpha value is -3.99. The van der Waals surface area contributed by atoms with Crippen LogP contribution in [0.3, 0.4) is 0 Å². The number of fused-ring (bicyclic) bond motifs is 3. The number of hydrogen-bond acceptors (Lipinski definition) is 19. The minimum atomic E-state index is -5.77. The summed E-state index contributed by atoms with van der Waals surface area (Å²) in [5.74, 6) is -5.24. The van der Waals surface area contributed by atoms with Crippen LogP contribution in [0.2, 0.25) is 0 Å². The van der Waals surface area contributed by atoms with Gasteiger partial charge in [-0.25, -0.2) is 13.9 Å². The number of nitrogens with zero attached hydrogens (tertiary/aromatic N) is 2. The van der Waals surface area contributed by atoms with Crippen LogP contribution in [0.1, 0.15) is 148 Å². The molecule has 12 atom stereocenters. The number of Topliss-reactive ketones (excluding diaryl/α,β-unsaturated/α-hetero) is 1. The average Bonchev–Trinajstić information content (AvgIpc) is 3.35. The summed E-state index contributed by atoms with van der Waals surface area (Å²) < 4.78 is 58.8. The van der Waals surface area contributed by atoms with E-state index < -0.39 is 133 Å². The van der Waals surface area contributed by atoms with Gasteiger partial charge in [-0.3, -0.25) is 28.0 Å². The van der Waals surface area contributed by atoms with E-state index in [0.29, 0.717) is 25.7 Å². The number of anilines is 1. The van der Waals surface area contributed by atoms with Crippen molar-refractivity contribution in [2.75, 3.05) is 25.6 Å². The van der Waals surface area contributed by atoms with Crippen molar-refractivity contribution in [3.05, 3.63) is 83.5 Å². The minimum Gasteiger partial charge on any atom is -0.462 e. The normalized spacial score (nSPS) is 30.0. The van der Waals surface area contributed by atoms with Crippen molar-refractivity contribution in [3.8, 4) is 0 Å². The van der Waals surface area contributed by atoms with E-state index in [1.165, 1.54) is 18.2 Å². The second kappa shape index (κ2) is 36.2. The highest BCUT2D eigenvalue weighted by Gasteiger charge is 2.45. The number of rotatable bonds is 22. The number of phosphoric ester groups is 2. The predicted molar refractivity (Wildman–Crippen MR) is 282 cm³/mol. The lowest BCUT2D eigenvalue weighted by molar-refractivity contribution is -0.196. The Morgan fingerprint density at radius 3 is 2.14 bits per heavy atom. The number of ketones is 1. The number of cyclic esters (lactones) is 1. The van der Waals surface area contributed by atoms with E-state index in [9.17, 15) is 63.6 Å². The van der Waals surface area contributed by atoms with E-state index in [4.69, 9.17) is 29.0 Å². The lowest BCUT2D eigenvalue weighted by Gasteiger charge is -2.40. The standard InChI is InChI=1S/C52H83N3O19P2/c1-3-5-7-8-9-10-11-12-13-14-15-16-17-18-19-20-22-28-48(61)72-40-35-69-47(60)27-24-23-26-39(57)33-42-44(59)34-43(58)41(30-29-38(56)25-21-6-4-2)49(62)50(63)45(37-71-76(67,68)74-75(65,66)70-36-40)73-51(42)55-32-31-46(53)54-52(55)64/h5,7,9-10,12-13,15-16,29-32,38,40-45,49-51,56,58-59,62-63H,3-4,6,8,11,14,17-28,33-37H2,1-2H3,(H,65,66)(H,67,68)(H2,53,54,64)/b7-5-,10-9-,13-12-,16-15-,30-29+/t38-,40+,41-,42-,43+,44-,45+,49-,50+,51+/m0/s1.